The summed E-state index contributed by atoms with van der Waals surface area (Å²) in [6.45, 7) is 0. The molecule has 0 aliphatic rings. The second-order valence-electron chi connectivity index (χ2n) is 4.04. The summed E-state index contributed by atoms with van der Waals surface area (Å²) in [7, 11) is 0. The first-order valence-corrected chi connectivity index (χ1v) is 6.54. The minimum atomic E-state index is -0.913. The Morgan fingerprint density at radius 3 is 2.19 bits per heavy atom. The van der Waals surface area contributed by atoms with Crippen LogP contribution < -0.4 is 10.6 Å². The highest BCUT2D eigenvalue weighted by atomic mass is 35.5. The molecule has 0 radical (unpaired) electrons. The van der Waals surface area contributed by atoms with Gasteiger partial charge in [0.1, 0.15) is 5.82 Å². The quantitative estimate of drug-likeness (QED) is 0.826. The van der Waals surface area contributed by atoms with Crippen LogP contribution in [-0.2, 0) is 9.59 Å². The van der Waals surface area contributed by atoms with Crippen molar-refractivity contribution < 1.29 is 14.0 Å². The molecule has 7 heteroatoms. The van der Waals surface area contributed by atoms with Crippen LogP contribution in [0.2, 0.25) is 10.0 Å². The predicted octanol–water partition coefficient (Wildman–Crippen LogP) is 3.71. The van der Waals surface area contributed by atoms with Gasteiger partial charge in [-0.3, -0.25) is 9.59 Å². The average molecular weight is 327 g/mol. The Kier molecular flexibility index (Phi) is 4.77. The molecule has 2 aromatic rings. The minimum absolute atomic E-state index is 0.225. The lowest BCUT2D eigenvalue weighted by molar-refractivity contribution is -0.132. The molecule has 0 heterocycles. The first-order chi connectivity index (χ1) is 9.95. The topological polar surface area (TPSA) is 58.2 Å². The third-order valence-electron chi connectivity index (χ3n) is 2.48. The number of carbonyl (C=O) groups excluding carboxylic acids is 2. The number of benzene rings is 2. The molecule has 2 aromatic carbocycles. The number of anilines is 2. The zero-order valence-electron chi connectivity index (χ0n) is 10.5. The molecule has 2 amide bonds. The number of amides is 2. The molecule has 0 spiro atoms. The first kappa shape index (κ1) is 15.3. The standard InChI is InChI=1S/C14H9Cl2FN2O2/c15-8-1-6-11(16)12(7-8)19-14(21)13(20)18-10-4-2-9(17)3-5-10/h1-7H,(H,18,20)(H,19,21). The van der Waals surface area contributed by atoms with Gasteiger partial charge in [0.15, 0.2) is 0 Å². The lowest BCUT2D eigenvalue weighted by Gasteiger charge is -2.08. The number of rotatable bonds is 2. The number of hydrogen-bond acceptors (Lipinski definition) is 2. The lowest BCUT2D eigenvalue weighted by atomic mass is 10.3. The van der Waals surface area contributed by atoms with Crippen LogP contribution in [0.15, 0.2) is 42.5 Å². The molecule has 108 valence electrons. The molecule has 0 aliphatic carbocycles. The molecule has 4 nitrogen and oxygen atoms in total. The summed E-state index contributed by atoms with van der Waals surface area (Å²) in [5.41, 5.74) is 0.525. The van der Waals surface area contributed by atoms with E-state index in [0.717, 1.165) is 0 Å². The van der Waals surface area contributed by atoms with Gasteiger partial charge < -0.3 is 10.6 Å². The van der Waals surface area contributed by atoms with E-state index in [0.29, 0.717) is 10.7 Å². The molecule has 0 saturated heterocycles. The Morgan fingerprint density at radius 2 is 1.52 bits per heavy atom. The minimum Gasteiger partial charge on any atom is -0.318 e. The summed E-state index contributed by atoms with van der Waals surface area (Å²) < 4.78 is 12.7. The fourth-order valence-corrected chi connectivity index (χ4v) is 1.83. The van der Waals surface area contributed by atoms with E-state index < -0.39 is 17.6 Å². The molecule has 0 saturated carbocycles. The maximum atomic E-state index is 12.7. The highest BCUT2D eigenvalue weighted by Crippen LogP contribution is 2.25. The zero-order chi connectivity index (χ0) is 15.4. The third-order valence-corrected chi connectivity index (χ3v) is 3.05. The van der Waals surface area contributed by atoms with Crippen molar-refractivity contribution >= 4 is 46.4 Å². The Balaban J connectivity index is 2.04. The van der Waals surface area contributed by atoms with Gasteiger partial charge in [-0.1, -0.05) is 23.2 Å². The molecule has 0 aliphatic heterocycles. The summed E-state index contributed by atoms with van der Waals surface area (Å²) in [5.74, 6) is -2.26. The van der Waals surface area contributed by atoms with E-state index in [1.807, 2.05) is 0 Å². The van der Waals surface area contributed by atoms with Crippen molar-refractivity contribution in [3.05, 3.63) is 58.3 Å². The van der Waals surface area contributed by atoms with Gasteiger partial charge in [0, 0.05) is 10.7 Å². The van der Waals surface area contributed by atoms with Crippen LogP contribution in [0.5, 0.6) is 0 Å². The number of nitrogens with one attached hydrogen (secondary N) is 2. The van der Waals surface area contributed by atoms with Crippen LogP contribution in [0.1, 0.15) is 0 Å². The van der Waals surface area contributed by atoms with Crippen molar-refractivity contribution in [1.82, 2.24) is 0 Å². The Labute approximate surface area is 129 Å². The summed E-state index contributed by atoms with van der Waals surface area (Å²) in [6.07, 6.45) is 0. The predicted molar refractivity (Wildman–Crippen MR) is 80.1 cm³/mol. The van der Waals surface area contributed by atoms with Crippen LogP contribution in [0.3, 0.4) is 0 Å². The normalized spacial score (nSPS) is 10.0. The highest BCUT2D eigenvalue weighted by Gasteiger charge is 2.15. The SMILES string of the molecule is O=C(Nc1ccc(F)cc1)C(=O)Nc1cc(Cl)ccc1Cl. The van der Waals surface area contributed by atoms with Gasteiger partial charge in [0.2, 0.25) is 0 Å². The molecule has 0 atom stereocenters. The molecule has 0 bridgehead atoms. The molecule has 0 aromatic heterocycles. The molecule has 0 fully saturated rings. The maximum absolute atomic E-state index is 12.7. The lowest BCUT2D eigenvalue weighted by Crippen LogP contribution is -2.29. The van der Waals surface area contributed by atoms with E-state index in [1.54, 1.807) is 6.07 Å². The summed E-state index contributed by atoms with van der Waals surface area (Å²) in [5, 5.41) is 5.29. The van der Waals surface area contributed by atoms with Crippen molar-refractivity contribution in [3.8, 4) is 0 Å². The van der Waals surface area contributed by atoms with Crippen molar-refractivity contribution in [1.29, 1.82) is 0 Å². The van der Waals surface area contributed by atoms with Gasteiger partial charge >= 0.3 is 11.8 Å². The second kappa shape index (κ2) is 6.56. The Hall–Kier alpha value is -2.11. The molecule has 2 rings (SSSR count). The first-order valence-electron chi connectivity index (χ1n) is 5.78. The average Bonchev–Trinajstić information content (AvgIpc) is 2.45. The van der Waals surface area contributed by atoms with Crippen molar-refractivity contribution in [3.63, 3.8) is 0 Å². The zero-order valence-corrected chi connectivity index (χ0v) is 12.0. The Bertz CT molecular complexity index is 690. The van der Waals surface area contributed by atoms with Crippen molar-refractivity contribution in [2.45, 2.75) is 0 Å². The van der Waals surface area contributed by atoms with Crippen LogP contribution in [0.4, 0.5) is 15.8 Å². The van der Waals surface area contributed by atoms with Gasteiger partial charge in [0.25, 0.3) is 0 Å². The van der Waals surface area contributed by atoms with Crippen LogP contribution in [0, 0.1) is 5.82 Å². The molecule has 21 heavy (non-hydrogen) atoms. The fourth-order valence-electron chi connectivity index (χ4n) is 1.49. The molecule has 2 N–H and O–H groups in total. The maximum Gasteiger partial charge on any atom is 0.314 e. The number of carbonyl (C=O) groups is 2. The summed E-state index contributed by atoms with van der Waals surface area (Å²) in [6, 6.07) is 9.49. The largest absolute Gasteiger partial charge is 0.318 e. The fraction of sp³-hybridized carbons (Fsp3) is 0. The van der Waals surface area contributed by atoms with Gasteiger partial charge in [-0.05, 0) is 42.5 Å². The van der Waals surface area contributed by atoms with Crippen molar-refractivity contribution in [2.75, 3.05) is 10.6 Å². The number of hydrogen-bond donors (Lipinski definition) is 2. The second-order valence-corrected chi connectivity index (χ2v) is 4.88. The Morgan fingerprint density at radius 1 is 0.905 bits per heavy atom. The molecule has 0 unspecified atom stereocenters. The third kappa shape index (κ3) is 4.18. The number of halogens is 3. The van der Waals surface area contributed by atoms with Gasteiger partial charge in [-0.2, -0.15) is 0 Å². The van der Waals surface area contributed by atoms with E-state index in [1.165, 1.54) is 36.4 Å². The van der Waals surface area contributed by atoms with E-state index in [9.17, 15) is 14.0 Å². The van der Waals surface area contributed by atoms with Crippen molar-refractivity contribution in [2.24, 2.45) is 0 Å². The highest BCUT2D eigenvalue weighted by molar-refractivity contribution is 6.45. The van der Waals surface area contributed by atoms with Gasteiger partial charge in [-0.15, -0.1) is 0 Å². The molecular formula is C14H9Cl2FN2O2. The van der Waals surface area contributed by atoms with Gasteiger partial charge in [0.05, 0.1) is 10.7 Å². The van der Waals surface area contributed by atoms with E-state index in [-0.39, 0.29) is 10.7 Å². The monoisotopic (exact) mass is 326 g/mol. The van der Waals surface area contributed by atoms with E-state index in [4.69, 9.17) is 23.2 Å². The van der Waals surface area contributed by atoms with Gasteiger partial charge in [-0.25, -0.2) is 4.39 Å². The van der Waals surface area contributed by atoms with E-state index >= 15 is 0 Å². The van der Waals surface area contributed by atoms with E-state index in [2.05, 4.69) is 10.6 Å². The summed E-state index contributed by atoms with van der Waals surface area (Å²) in [4.78, 5) is 23.5. The summed E-state index contributed by atoms with van der Waals surface area (Å²) >= 11 is 11.7. The molecular weight excluding hydrogens is 318 g/mol. The smallest absolute Gasteiger partial charge is 0.314 e. The van der Waals surface area contributed by atoms with Crippen LogP contribution >= 0.6 is 23.2 Å². The van der Waals surface area contributed by atoms with Crippen LogP contribution in [0.25, 0.3) is 0 Å². The van der Waals surface area contributed by atoms with Crippen LogP contribution in [-0.4, -0.2) is 11.8 Å².